The van der Waals surface area contributed by atoms with Gasteiger partial charge in [-0.05, 0) is 36.8 Å². The van der Waals surface area contributed by atoms with Crippen molar-refractivity contribution in [2.45, 2.75) is 37.8 Å². The number of rotatable bonds is 2. The summed E-state index contributed by atoms with van der Waals surface area (Å²) in [4.78, 5) is 14.1. The molecule has 0 bridgehead atoms. The monoisotopic (exact) mass is 322 g/mol. The van der Waals surface area contributed by atoms with Gasteiger partial charge in [0, 0.05) is 19.1 Å². The number of carbonyl (C=O) groups excluding carboxylic acids is 1. The smallest absolute Gasteiger partial charge is 0.317 e. The van der Waals surface area contributed by atoms with Crippen LogP contribution in [0.2, 0.25) is 0 Å². The van der Waals surface area contributed by atoms with Crippen molar-refractivity contribution in [3.8, 4) is 0 Å². The maximum atomic E-state index is 12.3. The molecule has 1 aromatic carbocycles. The minimum Gasteiger partial charge on any atom is -0.334 e. The minimum absolute atomic E-state index is 0.0695. The molecule has 0 spiro atoms. The van der Waals surface area contributed by atoms with Crippen LogP contribution in [0.5, 0.6) is 0 Å². The van der Waals surface area contributed by atoms with Crippen LogP contribution in [-0.4, -0.2) is 50.0 Å². The number of hydrogen-bond donors (Lipinski definition) is 1. The Bertz CT molecular complexity index is 672. The molecule has 1 aromatic rings. The molecule has 1 heterocycles. The Morgan fingerprint density at radius 2 is 1.95 bits per heavy atom. The molecule has 0 aromatic heterocycles. The fourth-order valence-electron chi connectivity index (χ4n) is 3.36. The van der Waals surface area contributed by atoms with E-state index in [0.29, 0.717) is 6.42 Å². The number of hydrogen-bond acceptors (Lipinski definition) is 3. The van der Waals surface area contributed by atoms with Gasteiger partial charge in [0.2, 0.25) is 0 Å². The molecule has 1 aliphatic heterocycles. The molecule has 2 aliphatic rings. The van der Waals surface area contributed by atoms with Gasteiger partial charge in [0.25, 0.3) is 0 Å². The van der Waals surface area contributed by atoms with Gasteiger partial charge in [0.15, 0.2) is 9.84 Å². The first kappa shape index (κ1) is 15.3. The van der Waals surface area contributed by atoms with Crippen LogP contribution in [0.4, 0.5) is 4.79 Å². The highest BCUT2D eigenvalue weighted by atomic mass is 32.2. The Morgan fingerprint density at radius 3 is 2.64 bits per heavy atom. The zero-order valence-corrected chi connectivity index (χ0v) is 13.6. The Morgan fingerprint density at radius 1 is 1.23 bits per heavy atom. The van der Waals surface area contributed by atoms with Crippen molar-refractivity contribution in [2.24, 2.45) is 0 Å². The summed E-state index contributed by atoms with van der Waals surface area (Å²) in [5.41, 5.74) is 2.68. The lowest BCUT2D eigenvalue weighted by Crippen LogP contribution is -2.49. The van der Waals surface area contributed by atoms with Gasteiger partial charge in [-0.3, -0.25) is 0 Å². The molecule has 0 saturated carbocycles. The molecular formula is C16H22N2O3S. The number of nitrogens with zero attached hydrogens (tertiary/aromatic N) is 1. The molecule has 0 radical (unpaired) electrons. The summed E-state index contributed by atoms with van der Waals surface area (Å²) in [6.45, 7) is 0. The zero-order chi connectivity index (χ0) is 15.7. The second-order valence-corrected chi connectivity index (χ2v) is 8.55. The van der Waals surface area contributed by atoms with Crippen LogP contribution >= 0.6 is 0 Å². The summed E-state index contributed by atoms with van der Waals surface area (Å²) in [7, 11) is -1.16. The van der Waals surface area contributed by atoms with E-state index in [1.54, 1.807) is 11.9 Å². The molecule has 5 nitrogen and oxygen atoms in total. The quantitative estimate of drug-likeness (QED) is 0.894. The Balaban J connectivity index is 1.60. The highest BCUT2D eigenvalue weighted by Gasteiger charge is 2.31. The number of benzene rings is 1. The number of urea groups is 1. The number of amides is 2. The minimum atomic E-state index is -2.96. The molecule has 2 amide bonds. The van der Waals surface area contributed by atoms with E-state index in [0.717, 1.165) is 19.3 Å². The van der Waals surface area contributed by atoms with E-state index >= 15 is 0 Å². The van der Waals surface area contributed by atoms with E-state index in [4.69, 9.17) is 0 Å². The third-order valence-electron chi connectivity index (χ3n) is 4.75. The van der Waals surface area contributed by atoms with Gasteiger partial charge >= 0.3 is 6.03 Å². The lowest BCUT2D eigenvalue weighted by molar-refractivity contribution is 0.181. The number of sulfone groups is 1. The van der Waals surface area contributed by atoms with Gasteiger partial charge in [-0.1, -0.05) is 24.3 Å². The van der Waals surface area contributed by atoms with Gasteiger partial charge in [-0.25, -0.2) is 13.2 Å². The van der Waals surface area contributed by atoms with Crippen LogP contribution < -0.4 is 5.32 Å². The van der Waals surface area contributed by atoms with Gasteiger partial charge in [0.05, 0.1) is 11.5 Å². The number of likely N-dealkylation sites (N-methyl/N-ethyl adjacent to an activating group) is 1. The van der Waals surface area contributed by atoms with E-state index in [9.17, 15) is 13.2 Å². The summed E-state index contributed by atoms with van der Waals surface area (Å²) >= 11 is 0. The zero-order valence-electron chi connectivity index (χ0n) is 12.8. The second-order valence-electron chi connectivity index (χ2n) is 6.33. The molecule has 1 aliphatic carbocycles. The van der Waals surface area contributed by atoms with E-state index in [-0.39, 0.29) is 29.6 Å². The Hall–Kier alpha value is -1.56. The van der Waals surface area contributed by atoms with Crippen LogP contribution in [0, 0.1) is 0 Å². The van der Waals surface area contributed by atoms with Crippen molar-refractivity contribution >= 4 is 15.9 Å². The number of carbonyl (C=O) groups is 1. The molecule has 1 N–H and O–H groups in total. The molecule has 22 heavy (non-hydrogen) atoms. The van der Waals surface area contributed by atoms with E-state index in [2.05, 4.69) is 23.5 Å². The largest absolute Gasteiger partial charge is 0.334 e. The molecule has 2 unspecified atom stereocenters. The van der Waals surface area contributed by atoms with E-state index in [1.807, 2.05) is 6.07 Å². The molecule has 1 saturated heterocycles. The van der Waals surface area contributed by atoms with Crippen molar-refractivity contribution in [3.63, 3.8) is 0 Å². The first-order chi connectivity index (χ1) is 10.4. The fraction of sp³-hybridized carbons (Fsp3) is 0.562. The molecule has 6 heteroatoms. The third kappa shape index (κ3) is 3.27. The Kier molecular flexibility index (Phi) is 4.12. The van der Waals surface area contributed by atoms with Crippen molar-refractivity contribution < 1.29 is 13.2 Å². The number of aryl methyl sites for hydroxylation is 1. The summed E-state index contributed by atoms with van der Waals surface area (Å²) in [6.07, 6.45) is 3.32. The van der Waals surface area contributed by atoms with E-state index < -0.39 is 9.84 Å². The standard InChI is InChI=1S/C16H22N2O3S/c1-18(16(19)17-14-8-9-22(20,21)11-14)15-7-6-12-4-2-3-5-13(12)10-15/h2-5,14-15H,6-11H2,1H3,(H,17,19). The summed E-state index contributed by atoms with van der Waals surface area (Å²) in [6, 6.07) is 8.13. The molecule has 120 valence electrons. The average molecular weight is 322 g/mol. The van der Waals surface area contributed by atoms with Crippen LogP contribution in [0.1, 0.15) is 24.0 Å². The van der Waals surface area contributed by atoms with Crippen molar-refractivity contribution in [2.75, 3.05) is 18.6 Å². The van der Waals surface area contributed by atoms with E-state index in [1.165, 1.54) is 11.1 Å². The summed E-state index contributed by atoms with van der Waals surface area (Å²) in [5.74, 6) is 0.249. The highest BCUT2D eigenvalue weighted by Crippen LogP contribution is 2.24. The van der Waals surface area contributed by atoms with Crippen LogP contribution in [-0.2, 0) is 22.7 Å². The molecule has 3 rings (SSSR count). The molecule has 1 fully saturated rings. The first-order valence-electron chi connectivity index (χ1n) is 7.75. The summed E-state index contributed by atoms with van der Waals surface area (Å²) in [5, 5.41) is 2.86. The van der Waals surface area contributed by atoms with Crippen LogP contribution in [0.3, 0.4) is 0 Å². The topological polar surface area (TPSA) is 66.5 Å². The van der Waals surface area contributed by atoms with Crippen LogP contribution in [0.15, 0.2) is 24.3 Å². The van der Waals surface area contributed by atoms with Gasteiger partial charge in [-0.15, -0.1) is 0 Å². The van der Waals surface area contributed by atoms with Gasteiger partial charge < -0.3 is 10.2 Å². The average Bonchev–Trinajstić information content (AvgIpc) is 2.84. The summed E-state index contributed by atoms with van der Waals surface area (Å²) < 4.78 is 22.9. The lowest BCUT2D eigenvalue weighted by atomic mass is 9.88. The third-order valence-corrected chi connectivity index (χ3v) is 6.52. The van der Waals surface area contributed by atoms with Crippen LogP contribution in [0.25, 0.3) is 0 Å². The van der Waals surface area contributed by atoms with Crippen molar-refractivity contribution in [1.82, 2.24) is 10.2 Å². The SMILES string of the molecule is CN(C(=O)NC1CCS(=O)(=O)C1)C1CCc2ccccc2C1. The normalized spacial score (nSPS) is 26.2. The Labute approximate surface area is 131 Å². The van der Waals surface area contributed by atoms with Gasteiger partial charge in [-0.2, -0.15) is 0 Å². The van der Waals surface area contributed by atoms with Crippen molar-refractivity contribution in [1.29, 1.82) is 0 Å². The fourth-order valence-corrected chi connectivity index (χ4v) is 5.03. The maximum absolute atomic E-state index is 12.3. The second kappa shape index (κ2) is 5.91. The number of fused-ring (bicyclic) bond motifs is 1. The predicted octanol–water partition coefficient (Wildman–Crippen LogP) is 1.37. The predicted molar refractivity (Wildman–Crippen MR) is 85.6 cm³/mol. The maximum Gasteiger partial charge on any atom is 0.317 e. The lowest BCUT2D eigenvalue weighted by Gasteiger charge is -2.33. The van der Waals surface area contributed by atoms with Gasteiger partial charge in [0.1, 0.15) is 0 Å². The molecule has 2 atom stereocenters. The number of nitrogens with one attached hydrogen (secondary N) is 1. The first-order valence-corrected chi connectivity index (χ1v) is 9.57. The van der Waals surface area contributed by atoms with Crippen molar-refractivity contribution in [3.05, 3.63) is 35.4 Å². The molecular weight excluding hydrogens is 300 g/mol. The highest BCUT2D eigenvalue weighted by molar-refractivity contribution is 7.91.